The van der Waals surface area contributed by atoms with Gasteiger partial charge in [0.15, 0.2) is 0 Å². The summed E-state index contributed by atoms with van der Waals surface area (Å²) in [6.45, 7) is 2.00. The van der Waals surface area contributed by atoms with Crippen molar-refractivity contribution in [1.29, 1.82) is 0 Å². The van der Waals surface area contributed by atoms with Crippen LogP contribution in [0.25, 0.3) is 0 Å². The number of carbonyl (C=O) groups excluding carboxylic acids is 3. The third-order valence-corrected chi connectivity index (χ3v) is 6.39. The first-order valence-electron chi connectivity index (χ1n) is 8.54. The van der Waals surface area contributed by atoms with E-state index in [-0.39, 0.29) is 18.4 Å². The Morgan fingerprint density at radius 1 is 1.30 bits per heavy atom. The standard InChI is InChI=1S/C19H20BrN3O3S/c1-3-19(13-7-5-4-6-8-13)17(25)23(18(26)21-19)11-16(24)22(2)10-15-9-14(20)12-27-15/h4-9,12H,3,10-11H2,1-2H3,(H,21,26). The number of halogens is 1. The molecule has 1 saturated heterocycles. The number of rotatable bonds is 6. The fourth-order valence-electron chi connectivity index (χ4n) is 3.15. The number of hydrogen-bond donors (Lipinski definition) is 1. The summed E-state index contributed by atoms with van der Waals surface area (Å²) in [5, 5.41) is 4.74. The quantitative estimate of drug-likeness (QED) is 0.687. The summed E-state index contributed by atoms with van der Waals surface area (Å²) in [4.78, 5) is 41.7. The van der Waals surface area contributed by atoms with Crippen LogP contribution < -0.4 is 5.32 Å². The Bertz CT molecular complexity index is 870. The summed E-state index contributed by atoms with van der Waals surface area (Å²) in [5.74, 6) is -0.676. The molecule has 0 saturated carbocycles. The molecule has 1 unspecified atom stereocenters. The molecule has 0 aliphatic carbocycles. The van der Waals surface area contributed by atoms with Crippen LogP contribution in [-0.2, 0) is 21.7 Å². The maximum absolute atomic E-state index is 13.1. The summed E-state index contributed by atoms with van der Waals surface area (Å²) >= 11 is 4.93. The minimum atomic E-state index is -1.12. The van der Waals surface area contributed by atoms with Crippen molar-refractivity contribution in [2.24, 2.45) is 0 Å². The second kappa shape index (κ2) is 7.82. The Morgan fingerprint density at radius 3 is 2.59 bits per heavy atom. The highest BCUT2D eigenvalue weighted by atomic mass is 79.9. The molecular weight excluding hydrogens is 430 g/mol. The number of imide groups is 1. The van der Waals surface area contributed by atoms with Crippen LogP contribution in [-0.4, -0.2) is 41.2 Å². The second-order valence-corrected chi connectivity index (χ2v) is 8.34. The molecule has 1 atom stereocenters. The summed E-state index contributed by atoms with van der Waals surface area (Å²) < 4.78 is 0.966. The second-order valence-electron chi connectivity index (χ2n) is 6.43. The van der Waals surface area contributed by atoms with E-state index in [2.05, 4.69) is 21.2 Å². The maximum Gasteiger partial charge on any atom is 0.325 e. The van der Waals surface area contributed by atoms with Crippen molar-refractivity contribution in [2.75, 3.05) is 13.6 Å². The van der Waals surface area contributed by atoms with Crippen LogP contribution in [0.2, 0.25) is 0 Å². The monoisotopic (exact) mass is 449 g/mol. The third kappa shape index (κ3) is 3.77. The Hall–Kier alpha value is -2.19. The van der Waals surface area contributed by atoms with Crippen molar-refractivity contribution in [3.05, 3.63) is 56.7 Å². The first-order chi connectivity index (χ1) is 12.9. The zero-order chi connectivity index (χ0) is 19.6. The lowest BCUT2D eigenvalue weighted by Gasteiger charge is -2.26. The van der Waals surface area contributed by atoms with Gasteiger partial charge in [-0.3, -0.25) is 14.5 Å². The number of benzene rings is 1. The topological polar surface area (TPSA) is 69.7 Å². The van der Waals surface area contributed by atoms with E-state index in [0.29, 0.717) is 13.0 Å². The molecule has 1 aliphatic rings. The van der Waals surface area contributed by atoms with Gasteiger partial charge in [-0.1, -0.05) is 37.3 Å². The van der Waals surface area contributed by atoms with Crippen LogP contribution in [0.1, 0.15) is 23.8 Å². The van der Waals surface area contributed by atoms with Crippen LogP contribution in [0.15, 0.2) is 46.3 Å². The lowest BCUT2D eigenvalue weighted by atomic mass is 9.87. The molecule has 0 spiro atoms. The van der Waals surface area contributed by atoms with Crippen molar-refractivity contribution in [3.8, 4) is 0 Å². The predicted molar refractivity (Wildman–Crippen MR) is 107 cm³/mol. The van der Waals surface area contributed by atoms with E-state index in [1.165, 1.54) is 16.2 Å². The molecular formula is C19H20BrN3O3S. The number of hydrogen-bond acceptors (Lipinski definition) is 4. The Morgan fingerprint density at radius 2 is 2.00 bits per heavy atom. The normalized spacial score (nSPS) is 19.3. The first kappa shape index (κ1) is 19.6. The van der Waals surface area contributed by atoms with Gasteiger partial charge in [0.05, 0.1) is 6.54 Å². The Kier molecular flexibility index (Phi) is 5.67. The molecule has 8 heteroatoms. The molecule has 1 aliphatic heterocycles. The average Bonchev–Trinajstić information content (AvgIpc) is 3.18. The van der Waals surface area contributed by atoms with Crippen LogP contribution in [0.4, 0.5) is 4.79 Å². The molecule has 2 aromatic rings. The molecule has 1 fully saturated rings. The van der Waals surface area contributed by atoms with Crippen LogP contribution in [0.3, 0.4) is 0 Å². The Balaban J connectivity index is 1.74. The summed E-state index contributed by atoms with van der Waals surface area (Å²) in [7, 11) is 1.67. The van der Waals surface area contributed by atoms with Gasteiger partial charge in [0.25, 0.3) is 5.91 Å². The zero-order valence-corrected chi connectivity index (χ0v) is 17.5. The molecule has 1 N–H and O–H groups in total. The lowest BCUT2D eigenvalue weighted by molar-refractivity contribution is -0.138. The molecule has 1 aromatic heterocycles. The number of thiophene rings is 1. The van der Waals surface area contributed by atoms with E-state index in [1.807, 2.05) is 48.7 Å². The highest BCUT2D eigenvalue weighted by molar-refractivity contribution is 9.10. The number of amides is 4. The van der Waals surface area contributed by atoms with Gasteiger partial charge in [-0.05, 0) is 34.0 Å². The summed E-state index contributed by atoms with van der Waals surface area (Å²) in [5.41, 5.74) is -0.395. The predicted octanol–water partition coefficient (Wildman–Crippen LogP) is 3.33. The molecule has 142 valence electrons. The molecule has 1 aromatic carbocycles. The van der Waals surface area contributed by atoms with E-state index >= 15 is 0 Å². The van der Waals surface area contributed by atoms with Gasteiger partial charge < -0.3 is 10.2 Å². The van der Waals surface area contributed by atoms with Gasteiger partial charge in [0.2, 0.25) is 5.91 Å². The lowest BCUT2D eigenvalue weighted by Crippen LogP contribution is -2.45. The molecule has 27 heavy (non-hydrogen) atoms. The highest BCUT2D eigenvalue weighted by Crippen LogP contribution is 2.32. The van der Waals surface area contributed by atoms with Crippen molar-refractivity contribution in [2.45, 2.75) is 25.4 Å². The van der Waals surface area contributed by atoms with Crippen molar-refractivity contribution in [1.82, 2.24) is 15.1 Å². The van der Waals surface area contributed by atoms with Crippen LogP contribution in [0.5, 0.6) is 0 Å². The van der Waals surface area contributed by atoms with Crippen molar-refractivity contribution < 1.29 is 14.4 Å². The number of nitrogens with one attached hydrogen (secondary N) is 1. The van der Waals surface area contributed by atoms with Crippen LogP contribution in [0, 0.1) is 0 Å². The van der Waals surface area contributed by atoms with Gasteiger partial charge >= 0.3 is 6.03 Å². The minimum absolute atomic E-state index is 0.276. The fourth-order valence-corrected chi connectivity index (χ4v) is 4.65. The van der Waals surface area contributed by atoms with E-state index in [4.69, 9.17) is 0 Å². The van der Waals surface area contributed by atoms with E-state index < -0.39 is 11.6 Å². The Labute approximate surface area is 170 Å². The van der Waals surface area contributed by atoms with Crippen molar-refractivity contribution in [3.63, 3.8) is 0 Å². The average molecular weight is 450 g/mol. The molecule has 0 bridgehead atoms. The SMILES string of the molecule is CCC1(c2ccccc2)NC(=O)N(CC(=O)N(C)Cc2cc(Br)cs2)C1=O. The van der Waals surface area contributed by atoms with Crippen molar-refractivity contribution >= 4 is 45.1 Å². The van der Waals surface area contributed by atoms with E-state index in [1.54, 1.807) is 7.05 Å². The molecule has 0 radical (unpaired) electrons. The molecule has 6 nitrogen and oxygen atoms in total. The third-order valence-electron chi connectivity index (χ3n) is 4.71. The number of nitrogens with zero attached hydrogens (tertiary/aromatic N) is 2. The number of likely N-dealkylation sites (N-methyl/N-ethyl adjacent to an activating group) is 1. The zero-order valence-electron chi connectivity index (χ0n) is 15.1. The number of urea groups is 1. The number of carbonyl (C=O) groups is 3. The largest absolute Gasteiger partial charge is 0.339 e. The molecule has 2 heterocycles. The smallest absolute Gasteiger partial charge is 0.325 e. The summed E-state index contributed by atoms with van der Waals surface area (Å²) in [6.07, 6.45) is 0.408. The molecule has 4 amide bonds. The van der Waals surface area contributed by atoms with Gasteiger partial charge in [-0.2, -0.15) is 0 Å². The first-order valence-corrected chi connectivity index (χ1v) is 10.2. The fraction of sp³-hybridized carbons (Fsp3) is 0.316. The van der Waals surface area contributed by atoms with Gasteiger partial charge in [0.1, 0.15) is 12.1 Å². The van der Waals surface area contributed by atoms with Gasteiger partial charge in [-0.15, -0.1) is 11.3 Å². The van der Waals surface area contributed by atoms with Gasteiger partial charge in [-0.25, -0.2) is 4.79 Å². The minimum Gasteiger partial charge on any atom is -0.339 e. The van der Waals surface area contributed by atoms with E-state index in [9.17, 15) is 14.4 Å². The van der Waals surface area contributed by atoms with Crippen LogP contribution >= 0.6 is 27.3 Å². The highest BCUT2D eigenvalue weighted by Gasteiger charge is 2.51. The maximum atomic E-state index is 13.1. The van der Waals surface area contributed by atoms with Gasteiger partial charge in [0, 0.05) is 21.8 Å². The molecule has 3 rings (SSSR count). The summed E-state index contributed by atoms with van der Waals surface area (Å²) in [6, 6.07) is 10.5. The van der Waals surface area contributed by atoms with E-state index in [0.717, 1.165) is 19.8 Å².